The molecule has 4 nitrogen and oxygen atoms in total. The van der Waals surface area contributed by atoms with E-state index in [4.69, 9.17) is 16.3 Å². The normalized spacial score (nSPS) is 10.1. The van der Waals surface area contributed by atoms with Crippen LogP contribution in [-0.4, -0.2) is 17.1 Å². The molecule has 2 aromatic rings. The summed E-state index contributed by atoms with van der Waals surface area (Å²) in [6.07, 6.45) is 3.21. The van der Waals surface area contributed by atoms with Crippen molar-refractivity contribution in [3.05, 3.63) is 39.3 Å². The molecule has 1 heterocycles. The number of ether oxygens (including phenoxy) is 1. The molecule has 6 heteroatoms. The summed E-state index contributed by atoms with van der Waals surface area (Å²) in [4.78, 5) is 8.07. The first-order valence-electron chi connectivity index (χ1n) is 4.77. The van der Waals surface area contributed by atoms with Gasteiger partial charge in [0.05, 0.1) is 21.4 Å². The van der Waals surface area contributed by atoms with Crippen LogP contribution in [0.15, 0.2) is 30.7 Å². The van der Waals surface area contributed by atoms with E-state index in [0.717, 1.165) is 20.8 Å². The third-order valence-electron chi connectivity index (χ3n) is 2.09. The molecule has 0 fully saturated rings. The second-order valence-corrected chi connectivity index (χ2v) is 4.76. The second kappa shape index (κ2) is 5.50. The monoisotopic (exact) mass is 361 g/mol. The van der Waals surface area contributed by atoms with Crippen LogP contribution in [-0.2, 0) is 0 Å². The van der Waals surface area contributed by atoms with E-state index >= 15 is 0 Å². The number of hydrogen-bond acceptors (Lipinski definition) is 4. The first kappa shape index (κ1) is 12.4. The highest BCUT2D eigenvalue weighted by atomic mass is 127. The molecule has 0 saturated heterocycles. The summed E-state index contributed by atoms with van der Waals surface area (Å²) in [6, 6.07) is 5.40. The van der Waals surface area contributed by atoms with Crippen LogP contribution in [0.3, 0.4) is 0 Å². The van der Waals surface area contributed by atoms with E-state index in [1.807, 2.05) is 6.07 Å². The third-order valence-corrected chi connectivity index (χ3v) is 3.21. The van der Waals surface area contributed by atoms with Gasteiger partial charge >= 0.3 is 0 Å². The van der Waals surface area contributed by atoms with Crippen LogP contribution in [0.2, 0.25) is 5.02 Å². The summed E-state index contributed by atoms with van der Waals surface area (Å²) in [5.41, 5.74) is 0.752. The Bertz CT molecular complexity index is 536. The SMILES string of the molecule is COc1ccc(Cl)c(Nc2ncncc2I)c1. The Hall–Kier alpha value is -1.08. The Morgan fingerprint density at radius 2 is 2.24 bits per heavy atom. The summed E-state index contributed by atoms with van der Waals surface area (Å²) in [5, 5.41) is 3.76. The van der Waals surface area contributed by atoms with Crippen LogP contribution in [0.4, 0.5) is 11.5 Å². The Balaban J connectivity index is 2.32. The highest BCUT2D eigenvalue weighted by molar-refractivity contribution is 14.1. The van der Waals surface area contributed by atoms with Crippen molar-refractivity contribution >= 4 is 45.7 Å². The molecule has 88 valence electrons. The van der Waals surface area contributed by atoms with Crippen molar-refractivity contribution in [2.75, 3.05) is 12.4 Å². The van der Waals surface area contributed by atoms with Crippen molar-refractivity contribution in [3.8, 4) is 5.75 Å². The highest BCUT2D eigenvalue weighted by Gasteiger charge is 2.06. The van der Waals surface area contributed by atoms with Crippen LogP contribution in [0.25, 0.3) is 0 Å². The van der Waals surface area contributed by atoms with Crippen LogP contribution in [0, 0.1) is 3.57 Å². The number of nitrogens with one attached hydrogen (secondary N) is 1. The van der Waals surface area contributed by atoms with Crippen molar-refractivity contribution in [1.29, 1.82) is 0 Å². The maximum Gasteiger partial charge on any atom is 0.147 e. The van der Waals surface area contributed by atoms with Gasteiger partial charge in [-0.05, 0) is 34.7 Å². The van der Waals surface area contributed by atoms with Gasteiger partial charge in [-0.15, -0.1) is 0 Å². The van der Waals surface area contributed by atoms with E-state index in [2.05, 4.69) is 37.9 Å². The summed E-state index contributed by atoms with van der Waals surface area (Å²) in [6.45, 7) is 0. The standard InChI is InChI=1S/C11H9ClIN3O/c1-17-7-2-3-8(12)10(4-7)16-11-9(13)5-14-6-15-11/h2-6H,1H3,(H,14,15,16). The Kier molecular flexibility index (Phi) is 4.01. The molecule has 0 amide bonds. The smallest absolute Gasteiger partial charge is 0.147 e. The molecule has 0 aliphatic carbocycles. The van der Waals surface area contributed by atoms with E-state index in [9.17, 15) is 0 Å². The van der Waals surface area contributed by atoms with Gasteiger partial charge in [-0.3, -0.25) is 0 Å². The molecule has 1 aromatic heterocycles. The van der Waals surface area contributed by atoms with E-state index < -0.39 is 0 Å². The quantitative estimate of drug-likeness (QED) is 0.850. The van der Waals surface area contributed by atoms with E-state index in [-0.39, 0.29) is 0 Å². The zero-order chi connectivity index (χ0) is 12.3. The topological polar surface area (TPSA) is 47.0 Å². The van der Waals surface area contributed by atoms with Crippen molar-refractivity contribution in [3.63, 3.8) is 0 Å². The number of anilines is 2. The summed E-state index contributed by atoms with van der Waals surface area (Å²) in [5.74, 6) is 1.46. The second-order valence-electron chi connectivity index (χ2n) is 3.19. The number of nitrogens with zero attached hydrogens (tertiary/aromatic N) is 2. The molecule has 0 unspecified atom stereocenters. The molecule has 0 radical (unpaired) electrons. The molecule has 0 atom stereocenters. The fourth-order valence-corrected chi connectivity index (χ4v) is 1.86. The minimum Gasteiger partial charge on any atom is -0.497 e. The molecule has 0 aliphatic heterocycles. The Morgan fingerprint density at radius 1 is 1.41 bits per heavy atom. The lowest BCUT2D eigenvalue weighted by Gasteiger charge is -2.10. The fourth-order valence-electron chi connectivity index (χ4n) is 1.26. The minimum absolute atomic E-state index is 0.611. The number of rotatable bonds is 3. The lowest BCUT2D eigenvalue weighted by molar-refractivity contribution is 0.415. The number of aromatic nitrogens is 2. The largest absolute Gasteiger partial charge is 0.497 e. The fraction of sp³-hybridized carbons (Fsp3) is 0.0909. The zero-order valence-electron chi connectivity index (χ0n) is 8.95. The van der Waals surface area contributed by atoms with Crippen LogP contribution in [0.5, 0.6) is 5.75 Å². The lowest BCUT2D eigenvalue weighted by atomic mass is 10.3. The van der Waals surface area contributed by atoms with E-state index in [1.54, 1.807) is 25.4 Å². The van der Waals surface area contributed by atoms with Gasteiger partial charge in [-0.2, -0.15) is 0 Å². The van der Waals surface area contributed by atoms with E-state index in [0.29, 0.717) is 5.02 Å². The van der Waals surface area contributed by atoms with Gasteiger partial charge in [0.25, 0.3) is 0 Å². The first-order chi connectivity index (χ1) is 8.20. The van der Waals surface area contributed by atoms with Gasteiger partial charge in [-0.25, -0.2) is 9.97 Å². The van der Waals surface area contributed by atoms with Gasteiger partial charge in [0.15, 0.2) is 0 Å². The number of halogens is 2. The Labute approximate surface area is 118 Å². The molecule has 0 saturated carbocycles. The molecule has 0 bridgehead atoms. The maximum absolute atomic E-state index is 6.09. The lowest BCUT2D eigenvalue weighted by Crippen LogP contribution is -1.98. The Morgan fingerprint density at radius 3 is 2.94 bits per heavy atom. The highest BCUT2D eigenvalue weighted by Crippen LogP contribution is 2.29. The molecule has 0 aliphatic rings. The number of hydrogen-bond donors (Lipinski definition) is 1. The average molecular weight is 362 g/mol. The molecule has 1 aromatic carbocycles. The molecule has 0 spiro atoms. The van der Waals surface area contributed by atoms with Crippen molar-refractivity contribution in [2.45, 2.75) is 0 Å². The molecular weight excluding hydrogens is 352 g/mol. The summed E-state index contributed by atoms with van der Waals surface area (Å²) in [7, 11) is 1.61. The maximum atomic E-state index is 6.09. The number of methoxy groups -OCH3 is 1. The third kappa shape index (κ3) is 2.98. The summed E-state index contributed by atoms with van der Waals surface area (Å²) < 4.78 is 6.06. The first-order valence-corrected chi connectivity index (χ1v) is 6.22. The van der Waals surface area contributed by atoms with Crippen LogP contribution in [0.1, 0.15) is 0 Å². The van der Waals surface area contributed by atoms with Crippen LogP contribution >= 0.6 is 34.2 Å². The van der Waals surface area contributed by atoms with Gasteiger partial charge in [0.2, 0.25) is 0 Å². The molecule has 17 heavy (non-hydrogen) atoms. The molecule has 1 N–H and O–H groups in total. The van der Waals surface area contributed by atoms with Gasteiger partial charge in [0.1, 0.15) is 17.9 Å². The van der Waals surface area contributed by atoms with Crippen LogP contribution < -0.4 is 10.1 Å². The molecular formula is C11H9ClIN3O. The molecule has 2 rings (SSSR count). The average Bonchev–Trinajstić information content (AvgIpc) is 2.35. The van der Waals surface area contributed by atoms with Crippen molar-refractivity contribution in [2.24, 2.45) is 0 Å². The predicted octanol–water partition coefficient (Wildman–Crippen LogP) is 3.49. The van der Waals surface area contributed by atoms with Crippen molar-refractivity contribution in [1.82, 2.24) is 9.97 Å². The predicted molar refractivity (Wildman–Crippen MR) is 76.0 cm³/mol. The van der Waals surface area contributed by atoms with Crippen molar-refractivity contribution < 1.29 is 4.74 Å². The van der Waals surface area contributed by atoms with Gasteiger partial charge in [-0.1, -0.05) is 11.6 Å². The van der Waals surface area contributed by atoms with Gasteiger partial charge in [0, 0.05) is 12.3 Å². The zero-order valence-corrected chi connectivity index (χ0v) is 11.9. The number of benzene rings is 1. The minimum atomic E-state index is 0.611. The van der Waals surface area contributed by atoms with E-state index in [1.165, 1.54) is 6.33 Å². The van der Waals surface area contributed by atoms with Gasteiger partial charge < -0.3 is 10.1 Å². The summed E-state index contributed by atoms with van der Waals surface area (Å²) >= 11 is 8.25.